The number of ether oxygens (including phenoxy) is 1. The van der Waals surface area contributed by atoms with E-state index in [-0.39, 0.29) is 5.69 Å². The summed E-state index contributed by atoms with van der Waals surface area (Å²) in [7, 11) is 0. The molecular formula is C13H20N2O3. The molecule has 1 aromatic rings. The van der Waals surface area contributed by atoms with Gasteiger partial charge in [-0.25, -0.2) is 0 Å². The highest BCUT2D eigenvalue weighted by molar-refractivity contribution is 5.42. The van der Waals surface area contributed by atoms with E-state index in [0.29, 0.717) is 18.4 Å². The summed E-state index contributed by atoms with van der Waals surface area (Å²) in [5.74, 6) is 0.713. The fourth-order valence-electron chi connectivity index (χ4n) is 1.55. The minimum atomic E-state index is -0.399. The third-order valence-electron chi connectivity index (χ3n) is 2.50. The fourth-order valence-corrected chi connectivity index (χ4v) is 1.55. The molecule has 0 aliphatic heterocycles. The summed E-state index contributed by atoms with van der Waals surface area (Å²) in [6.07, 6.45) is 0.911. The molecule has 0 fully saturated rings. The van der Waals surface area contributed by atoms with Crippen LogP contribution in [0.2, 0.25) is 0 Å². The first-order valence-corrected chi connectivity index (χ1v) is 6.12. The smallest absolute Gasteiger partial charge is 0.269 e. The van der Waals surface area contributed by atoms with Gasteiger partial charge in [0, 0.05) is 18.2 Å². The molecule has 0 radical (unpaired) electrons. The van der Waals surface area contributed by atoms with Crippen molar-refractivity contribution in [1.82, 2.24) is 5.32 Å². The van der Waals surface area contributed by atoms with Crippen LogP contribution in [0, 0.1) is 17.0 Å². The molecular weight excluding hydrogens is 232 g/mol. The normalized spacial score (nSPS) is 10.7. The van der Waals surface area contributed by atoms with Gasteiger partial charge in [-0.3, -0.25) is 10.1 Å². The summed E-state index contributed by atoms with van der Waals surface area (Å²) < 4.78 is 5.59. The van der Waals surface area contributed by atoms with Crippen molar-refractivity contribution >= 4 is 5.69 Å². The fraction of sp³-hybridized carbons (Fsp3) is 0.538. The Bertz CT molecular complexity index is 405. The first-order chi connectivity index (χ1) is 8.50. The van der Waals surface area contributed by atoms with Crippen molar-refractivity contribution in [2.45, 2.75) is 33.2 Å². The van der Waals surface area contributed by atoms with E-state index < -0.39 is 4.92 Å². The molecule has 5 heteroatoms. The van der Waals surface area contributed by atoms with E-state index in [1.165, 1.54) is 12.1 Å². The van der Waals surface area contributed by atoms with E-state index in [1.807, 2.05) is 6.92 Å². The number of aryl methyl sites for hydroxylation is 1. The van der Waals surface area contributed by atoms with Crippen molar-refractivity contribution in [3.8, 4) is 5.75 Å². The summed E-state index contributed by atoms with van der Waals surface area (Å²) in [4.78, 5) is 10.2. The summed E-state index contributed by atoms with van der Waals surface area (Å²) in [5, 5.41) is 13.9. The predicted molar refractivity (Wildman–Crippen MR) is 71.1 cm³/mol. The van der Waals surface area contributed by atoms with Gasteiger partial charge in [-0.05, 0) is 31.5 Å². The second-order valence-electron chi connectivity index (χ2n) is 4.52. The van der Waals surface area contributed by atoms with Crippen LogP contribution in [-0.4, -0.2) is 24.1 Å². The summed E-state index contributed by atoms with van der Waals surface area (Å²) in [5.41, 5.74) is 0.891. The van der Waals surface area contributed by atoms with Crippen LogP contribution >= 0.6 is 0 Å². The molecule has 0 saturated heterocycles. The monoisotopic (exact) mass is 252 g/mol. The van der Waals surface area contributed by atoms with Crippen LogP contribution in [0.1, 0.15) is 25.8 Å². The summed E-state index contributed by atoms with van der Waals surface area (Å²) >= 11 is 0. The standard InChI is InChI=1S/C13H20N2O3/c1-10(2)14-7-4-8-18-13-6-5-12(15(16)17)9-11(13)3/h5-6,9-10,14H,4,7-8H2,1-3H3. The second kappa shape index (κ2) is 6.96. The van der Waals surface area contributed by atoms with Gasteiger partial charge < -0.3 is 10.1 Å². The van der Waals surface area contributed by atoms with Gasteiger partial charge in [0.2, 0.25) is 0 Å². The number of nitrogens with one attached hydrogen (secondary N) is 1. The van der Waals surface area contributed by atoms with Gasteiger partial charge in [0.15, 0.2) is 0 Å². The van der Waals surface area contributed by atoms with Crippen molar-refractivity contribution in [2.24, 2.45) is 0 Å². The zero-order chi connectivity index (χ0) is 13.5. The number of nitro groups is 1. The molecule has 1 N–H and O–H groups in total. The Kier molecular flexibility index (Phi) is 5.58. The average Bonchev–Trinajstić information content (AvgIpc) is 2.29. The van der Waals surface area contributed by atoms with Crippen molar-refractivity contribution in [2.75, 3.05) is 13.2 Å². The highest BCUT2D eigenvalue weighted by Gasteiger charge is 2.08. The second-order valence-corrected chi connectivity index (χ2v) is 4.52. The van der Waals surface area contributed by atoms with Crippen molar-refractivity contribution < 1.29 is 9.66 Å². The van der Waals surface area contributed by atoms with E-state index in [0.717, 1.165) is 18.5 Å². The zero-order valence-corrected chi connectivity index (χ0v) is 11.1. The predicted octanol–water partition coefficient (Wildman–Crippen LogP) is 2.67. The first-order valence-electron chi connectivity index (χ1n) is 6.12. The molecule has 18 heavy (non-hydrogen) atoms. The molecule has 0 aromatic heterocycles. The molecule has 5 nitrogen and oxygen atoms in total. The third-order valence-corrected chi connectivity index (χ3v) is 2.50. The number of hydrogen-bond acceptors (Lipinski definition) is 4. The molecule has 1 rings (SSSR count). The topological polar surface area (TPSA) is 64.4 Å². The quantitative estimate of drug-likeness (QED) is 0.460. The first kappa shape index (κ1) is 14.4. The lowest BCUT2D eigenvalue weighted by Crippen LogP contribution is -2.24. The van der Waals surface area contributed by atoms with E-state index in [1.54, 1.807) is 6.07 Å². The molecule has 0 bridgehead atoms. The van der Waals surface area contributed by atoms with Crippen LogP contribution in [0.3, 0.4) is 0 Å². The molecule has 0 amide bonds. The Labute approximate surface area is 107 Å². The van der Waals surface area contributed by atoms with Gasteiger partial charge >= 0.3 is 0 Å². The number of non-ortho nitro benzene ring substituents is 1. The van der Waals surface area contributed by atoms with E-state index in [4.69, 9.17) is 4.74 Å². The molecule has 0 atom stereocenters. The lowest BCUT2D eigenvalue weighted by molar-refractivity contribution is -0.384. The molecule has 100 valence electrons. The van der Waals surface area contributed by atoms with Gasteiger partial charge in [-0.2, -0.15) is 0 Å². The number of hydrogen-bond donors (Lipinski definition) is 1. The molecule has 0 heterocycles. The summed E-state index contributed by atoms with van der Waals surface area (Å²) in [6.45, 7) is 7.53. The Hall–Kier alpha value is -1.62. The molecule has 0 aliphatic carbocycles. The largest absolute Gasteiger partial charge is 0.493 e. The molecule has 0 spiro atoms. The highest BCUT2D eigenvalue weighted by Crippen LogP contribution is 2.23. The Balaban J connectivity index is 2.41. The van der Waals surface area contributed by atoms with Gasteiger partial charge in [0.1, 0.15) is 5.75 Å². The maximum absolute atomic E-state index is 10.6. The van der Waals surface area contributed by atoms with Crippen LogP contribution in [0.15, 0.2) is 18.2 Å². The number of rotatable bonds is 7. The highest BCUT2D eigenvalue weighted by atomic mass is 16.6. The Morgan fingerprint density at radius 3 is 2.72 bits per heavy atom. The maximum atomic E-state index is 10.6. The third kappa shape index (κ3) is 4.71. The lowest BCUT2D eigenvalue weighted by atomic mass is 10.2. The minimum absolute atomic E-state index is 0.0984. The van der Waals surface area contributed by atoms with Gasteiger partial charge in [0.05, 0.1) is 11.5 Å². The Morgan fingerprint density at radius 1 is 1.44 bits per heavy atom. The summed E-state index contributed by atoms with van der Waals surface area (Å²) in [6, 6.07) is 5.13. The van der Waals surface area contributed by atoms with Crippen LogP contribution in [0.25, 0.3) is 0 Å². The zero-order valence-electron chi connectivity index (χ0n) is 11.1. The van der Waals surface area contributed by atoms with Crippen LogP contribution in [0.5, 0.6) is 5.75 Å². The molecule has 0 unspecified atom stereocenters. The van der Waals surface area contributed by atoms with E-state index in [2.05, 4.69) is 19.2 Å². The average molecular weight is 252 g/mol. The SMILES string of the molecule is Cc1cc([N+](=O)[O-])ccc1OCCCNC(C)C. The number of nitro benzene ring substituents is 1. The van der Waals surface area contributed by atoms with Crippen molar-refractivity contribution in [1.29, 1.82) is 0 Å². The molecule has 0 aliphatic rings. The molecule has 0 saturated carbocycles. The van der Waals surface area contributed by atoms with Crippen molar-refractivity contribution in [3.63, 3.8) is 0 Å². The van der Waals surface area contributed by atoms with E-state index >= 15 is 0 Å². The van der Waals surface area contributed by atoms with Crippen LogP contribution in [-0.2, 0) is 0 Å². The van der Waals surface area contributed by atoms with Gasteiger partial charge in [-0.1, -0.05) is 13.8 Å². The van der Waals surface area contributed by atoms with E-state index in [9.17, 15) is 10.1 Å². The number of benzene rings is 1. The van der Waals surface area contributed by atoms with Gasteiger partial charge in [-0.15, -0.1) is 0 Å². The van der Waals surface area contributed by atoms with Crippen LogP contribution in [0.4, 0.5) is 5.69 Å². The maximum Gasteiger partial charge on any atom is 0.269 e. The Morgan fingerprint density at radius 2 is 2.17 bits per heavy atom. The lowest BCUT2D eigenvalue weighted by Gasteiger charge is -2.10. The van der Waals surface area contributed by atoms with Gasteiger partial charge in [0.25, 0.3) is 5.69 Å². The number of nitrogens with zero attached hydrogens (tertiary/aromatic N) is 1. The van der Waals surface area contributed by atoms with Crippen LogP contribution < -0.4 is 10.1 Å². The minimum Gasteiger partial charge on any atom is -0.493 e. The molecule has 1 aromatic carbocycles. The van der Waals surface area contributed by atoms with Crippen molar-refractivity contribution in [3.05, 3.63) is 33.9 Å².